The Bertz CT molecular complexity index is 1530. The smallest absolute Gasteiger partial charge is 0.338 e. The summed E-state index contributed by atoms with van der Waals surface area (Å²) in [4.78, 5) is 26.5. The molecule has 0 spiro atoms. The first-order valence-electron chi connectivity index (χ1n) is 9.93. The second-order valence-corrected chi connectivity index (χ2v) is 9.82. The van der Waals surface area contributed by atoms with Crippen molar-refractivity contribution in [3.05, 3.63) is 93.7 Å². The number of nitrogens with two attached hydrogens (primary N) is 1. The molecular weight excluding hydrogens is 570 g/mol. The van der Waals surface area contributed by atoms with Crippen LogP contribution in [0.1, 0.15) is 24.0 Å². The minimum absolute atomic E-state index is 0.00864. The summed E-state index contributed by atoms with van der Waals surface area (Å²) in [5.74, 6) is -1.37. The van der Waals surface area contributed by atoms with Gasteiger partial charge in [0.25, 0.3) is 5.56 Å². The van der Waals surface area contributed by atoms with Crippen LogP contribution in [0.2, 0.25) is 0 Å². The number of allylic oxidation sites excluding steroid dienone is 1. The van der Waals surface area contributed by atoms with E-state index in [9.17, 15) is 14.9 Å². The predicted molar refractivity (Wildman–Crippen MR) is 135 cm³/mol. The number of esters is 1. The Hall–Kier alpha value is -2.93. The van der Waals surface area contributed by atoms with Crippen molar-refractivity contribution >= 4 is 66.6 Å². The van der Waals surface area contributed by atoms with E-state index in [0.29, 0.717) is 19.2 Å². The molecule has 1 aliphatic rings. The van der Waals surface area contributed by atoms with Crippen molar-refractivity contribution < 1.29 is 9.53 Å². The Morgan fingerprint density at radius 1 is 1.21 bits per heavy atom. The zero-order valence-corrected chi connectivity index (χ0v) is 21.3. The molecule has 2 heterocycles. The zero-order chi connectivity index (χ0) is 23.7. The Balaban J connectivity index is 2.14. The fourth-order valence-electron chi connectivity index (χ4n) is 3.71. The number of hydrogen-bond acceptors (Lipinski definition) is 6. The number of fused-ring (bicyclic) bond motifs is 1. The molecule has 3 aromatic rings. The van der Waals surface area contributed by atoms with Gasteiger partial charge in [0.05, 0.1) is 34.3 Å². The SMILES string of the molecule is CCOC(=O)C1=c2s/c(=C/c3ccccc3Br)c(=O)n2C(N)=C(C#N)[C@@H]1c1ccccc1Br. The van der Waals surface area contributed by atoms with E-state index in [4.69, 9.17) is 10.5 Å². The third-order valence-electron chi connectivity index (χ3n) is 5.17. The van der Waals surface area contributed by atoms with Gasteiger partial charge in [-0.2, -0.15) is 5.26 Å². The standard InChI is InChI=1S/C24H17Br2N3O3S/c1-2-32-24(31)20-19(14-8-4-6-10-17(14)26)15(12-27)21(28)29-22(30)18(33-23(20)29)11-13-7-3-5-9-16(13)25/h3-11,19H,2,28H2,1H3/b18-11+/t19-/m0/s1. The van der Waals surface area contributed by atoms with E-state index in [-0.39, 0.29) is 23.6 Å². The summed E-state index contributed by atoms with van der Waals surface area (Å²) in [7, 11) is 0. The van der Waals surface area contributed by atoms with Gasteiger partial charge in [-0.15, -0.1) is 11.3 Å². The van der Waals surface area contributed by atoms with Crippen molar-refractivity contribution in [2.75, 3.05) is 6.61 Å². The number of thiazole rings is 1. The fourth-order valence-corrected chi connectivity index (χ4v) is 5.78. The van der Waals surface area contributed by atoms with Crippen LogP contribution in [-0.4, -0.2) is 17.1 Å². The summed E-state index contributed by atoms with van der Waals surface area (Å²) < 4.78 is 8.87. The van der Waals surface area contributed by atoms with Gasteiger partial charge in [0, 0.05) is 8.95 Å². The third kappa shape index (κ3) is 4.10. The molecule has 2 N–H and O–H groups in total. The van der Waals surface area contributed by atoms with Crippen molar-refractivity contribution in [2.45, 2.75) is 12.8 Å². The molecule has 2 aromatic carbocycles. The second kappa shape index (κ2) is 9.51. The molecule has 0 radical (unpaired) electrons. The second-order valence-electron chi connectivity index (χ2n) is 7.08. The summed E-state index contributed by atoms with van der Waals surface area (Å²) in [5, 5.41) is 10.0. The summed E-state index contributed by atoms with van der Waals surface area (Å²) in [6.07, 6.45) is 1.73. The van der Waals surface area contributed by atoms with E-state index >= 15 is 0 Å². The minimum Gasteiger partial charge on any atom is -0.463 e. The van der Waals surface area contributed by atoms with Crippen LogP contribution in [0.15, 0.2) is 67.8 Å². The van der Waals surface area contributed by atoms with Crippen LogP contribution in [0.4, 0.5) is 0 Å². The van der Waals surface area contributed by atoms with E-state index in [1.54, 1.807) is 13.0 Å². The van der Waals surface area contributed by atoms with Gasteiger partial charge < -0.3 is 10.5 Å². The summed E-state index contributed by atoms with van der Waals surface area (Å²) in [5.41, 5.74) is 7.79. The first kappa shape index (κ1) is 23.2. The van der Waals surface area contributed by atoms with Gasteiger partial charge in [-0.1, -0.05) is 68.3 Å². The molecule has 0 saturated carbocycles. The third-order valence-corrected chi connectivity index (χ3v) is 7.72. The van der Waals surface area contributed by atoms with E-state index in [2.05, 4.69) is 37.9 Å². The van der Waals surface area contributed by atoms with Gasteiger partial charge in [0.2, 0.25) is 0 Å². The van der Waals surface area contributed by atoms with E-state index in [1.165, 1.54) is 4.57 Å². The Morgan fingerprint density at radius 3 is 2.52 bits per heavy atom. The topological polar surface area (TPSA) is 98.1 Å². The lowest BCUT2D eigenvalue weighted by Crippen LogP contribution is -2.40. The molecular formula is C24H17Br2N3O3S. The van der Waals surface area contributed by atoms with Gasteiger partial charge in [0.15, 0.2) is 0 Å². The minimum atomic E-state index is -0.779. The average molecular weight is 587 g/mol. The first-order valence-corrected chi connectivity index (χ1v) is 12.3. The van der Waals surface area contributed by atoms with Crippen molar-refractivity contribution in [1.29, 1.82) is 5.26 Å². The van der Waals surface area contributed by atoms with Gasteiger partial charge in [-0.25, -0.2) is 4.79 Å². The van der Waals surface area contributed by atoms with Crippen LogP contribution in [0.25, 0.3) is 17.5 Å². The molecule has 0 saturated heterocycles. The number of carbonyl (C=O) groups excluding carboxylic acids is 1. The molecule has 0 aliphatic carbocycles. The number of hydrogen-bond donors (Lipinski definition) is 1. The average Bonchev–Trinajstić information content (AvgIpc) is 3.11. The summed E-state index contributed by atoms with van der Waals surface area (Å²) in [6, 6.07) is 16.9. The number of nitriles is 1. The maximum atomic E-state index is 13.4. The van der Waals surface area contributed by atoms with Crippen molar-refractivity contribution in [3.63, 3.8) is 0 Å². The maximum Gasteiger partial charge on any atom is 0.338 e. The Morgan fingerprint density at radius 2 is 1.88 bits per heavy atom. The first-order chi connectivity index (χ1) is 15.9. The highest BCUT2D eigenvalue weighted by Crippen LogP contribution is 2.39. The van der Waals surface area contributed by atoms with Crippen LogP contribution in [0, 0.1) is 11.3 Å². The monoisotopic (exact) mass is 585 g/mol. The maximum absolute atomic E-state index is 13.4. The van der Waals surface area contributed by atoms with Crippen LogP contribution < -0.4 is 20.5 Å². The highest BCUT2D eigenvalue weighted by molar-refractivity contribution is 9.10. The van der Waals surface area contributed by atoms with Gasteiger partial charge in [-0.05, 0) is 36.3 Å². The normalized spacial score (nSPS) is 15.9. The molecule has 1 atom stereocenters. The zero-order valence-electron chi connectivity index (χ0n) is 17.3. The van der Waals surface area contributed by atoms with Crippen LogP contribution in [0.5, 0.6) is 0 Å². The number of ether oxygens (including phenoxy) is 1. The molecule has 33 heavy (non-hydrogen) atoms. The highest BCUT2D eigenvalue weighted by atomic mass is 79.9. The van der Waals surface area contributed by atoms with E-state index < -0.39 is 17.4 Å². The Kier molecular flexibility index (Phi) is 6.70. The van der Waals surface area contributed by atoms with Crippen molar-refractivity contribution in [1.82, 2.24) is 4.57 Å². The number of carbonyl (C=O) groups is 1. The molecule has 9 heteroatoms. The quantitative estimate of drug-likeness (QED) is 0.472. The molecule has 0 fully saturated rings. The predicted octanol–water partition coefficient (Wildman–Crippen LogP) is 3.43. The van der Waals surface area contributed by atoms with E-state index in [1.807, 2.05) is 48.5 Å². The molecule has 6 nitrogen and oxygen atoms in total. The van der Waals surface area contributed by atoms with Crippen molar-refractivity contribution in [2.24, 2.45) is 5.73 Å². The lowest BCUT2D eigenvalue weighted by Gasteiger charge is -2.25. The molecule has 166 valence electrons. The van der Waals surface area contributed by atoms with E-state index in [0.717, 1.165) is 21.4 Å². The number of aromatic nitrogens is 1. The van der Waals surface area contributed by atoms with Crippen LogP contribution in [-0.2, 0) is 9.53 Å². The van der Waals surface area contributed by atoms with Gasteiger partial charge in [0.1, 0.15) is 10.5 Å². The summed E-state index contributed by atoms with van der Waals surface area (Å²) in [6.45, 7) is 1.86. The number of halogens is 2. The number of rotatable bonds is 4. The number of nitrogens with zero attached hydrogens (tertiary/aromatic N) is 2. The molecule has 1 aromatic heterocycles. The van der Waals surface area contributed by atoms with Crippen LogP contribution in [0.3, 0.4) is 0 Å². The lowest BCUT2D eigenvalue weighted by atomic mass is 9.84. The van der Waals surface area contributed by atoms with Gasteiger partial charge in [-0.3, -0.25) is 9.36 Å². The fraction of sp³-hybridized carbons (Fsp3) is 0.125. The molecule has 4 rings (SSSR count). The van der Waals surface area contributed by atoms with Crippen LogP contribution >= 0.6 is 43.2 Å². The molecule has 1 aliphatic heterocycles. The molecule has 0 unspecified atom stereocenters. The molecule has 0 amide bonds. The largest absolute Gasteiger partial charge is 0.463 e. The highest BCUT2D eigenvalue weighted by Gasteiger charge is 2.37. The van der Waals surface area contributed by atoms with Crippen molar-refractivity contribution in [3.8, 4) is 6.07 Å². The lowest BCUT2D eigenvalue weighted by molar-refractivity contribution is -0.136. The Labute approximate surface area is 210 Å². The summed E-state index contributed by atoms with van der Waals surface area (Å²) >= 11 is 8.16. The molecule has 0 bridgehead atoms. The van der Waals surface area contributed by atoms with Gasteiger partial charge >= 0.3 is 5.97 Å². The number of benzene rings is 2.